The maximum atomic E-state index is 11.8. The smallest absolute Gasteiger partial charge is 0.410 e. The molecule has 1 amide bonds. The molecule has 0 saturated carbocycles. The SMILES string of the molecule is CC(C)OC(=O)N1CCC(Nc2ncccc2[N+](=O)[O-])CC1. The third-order valence-corrected chi connectivity index (χ3v) is 3.41. The molecule has 120 valence electrons. The quantitative estimate of drug-likeness (QED) is 0.677. The first-order valence-corrected chi connectivity index (χ1v) is 7.29. The molecule has 1 saturated heterocycles. The maximum Gasteiger partial charge on any atom is 0.410 e. The molecule has 1 aromatic heterocycles. The fourth-order valence-electron chi connectivity index (χ4n) is 2.33. The topological polar surface area (TPSA) is 97.6 Å². The third-order valence-electron chi connectivity index (χ3n) is 3.41. The Hall–Kier alpha value is -2.38. The fraction of sp³-hybridized carbons (Fsp3) is 0.571. The van der Waals surface area contributed by atoms with E-state index >= 15 is 0 Å². The van der Waals surface area contributed by atoms with Gasteiger partial charge in [0.05, 0.1) is 11.0 Å². The number of nitrogens with one attached hydrogen (secondary N) is 1. The lowest BCUT2D eigenvalue weighted by atomic mass is 10.1. The first-order chi connectivity index (χ1) is 10.5. The van der Waals surface area contributed by atoms with Gasteiger partial charge in [0.1, 0.15) is 0 Å². The normalized spacial score (nSPS) is 15.7. The molecule has 0 spiro atoms. The van der Waals surface area contributed by atoms with E-state index in [2.05, 4.69) is 10.3 Å². The predicted octanol–water partition coefficient (Wildman–Crippen LogP) is 2.41. The van der Waals surface area contributed by atoms with E-state index < -0.39 is 4.92 Å². The molecule has 1 aliphatic heterocycles. The van der Waals surface area contributed by atoms with Crippen LogP contribution in [0.4, 0.5) is 16.3 Å². The van der Waals surface area contributed by atoms with Gasteiger partial charge in [-0.05, 0) is 32.8 Å². The number of pyridine rings is 1. The lowest BCUT2D eigenvalue weighted by Crippen LogP contribution is -2.43. The summed E-state index contributed by atoms with van der Waals surface area (Å²) in [5.41, 5.74) is -0.0378. The van der Waals surface area contributed by atoms with Crippen LogP contribution < -0.4 is 5.32 Å². The van der Waals surface area contributed by atoms with E-state index in [-0.39, 0.29) is 29.7 Å². The number of rotatable bonds is 4. The van der Waals surface area contributed by atoms with E-state index in [4.69, 9.17) is 4.74 Å². The number of carbonyl (C=O) groups excluding carboxylic acids is 1. The minimum Gasteiger partial charge on any atom is -0.447 e. The summed E-state index contributed by atoms with van der Waals surface area (Å²) in [5, 5.41) is 14.1. The molecule has 8 heteroatoms. The number of aromatic nitrogens is 1. The first kappa shape index (κ1) is 16.0. The van der Waals surface area contributed by atoms with E-state index in [0.29, 0.717) is 25.9 Å². The first-order valence-electron chi connectivity index (χ1n) is 7.29. The van der Waals surface area contributed by atoms with Gasteiger partial charge < -0.3 is 15.0 Å². The molecule has 22 heavy (non-hydrogen) atoms. The van der Waals surface area contributed by atoms with Gasteiger partial charge in [0.15, 0.2) is 0 Å². The molecule has 1 fully saturated rings. The molecular weight excluding hydrogens is 288 g/mol. The summed E-state index contributed by atoms with van der Waals surface area (Å²) in [4.78, 5) is 28.0. The Kier molecular flexibility index (Phi) is 5.13. The van der Waals surface area contributed by atoms with Crippen LogP contribution >= 0.6 is 0 Å². The van der Waals surface area contributed by atoms with Crippen molar-refractivity contribution in [1.82, 2.24) is 9.88 Å². The second-order valence-electron chi connectivity index (χ2n) is 5.47. The predicted molar refractivity (Wildman–Crippen MR) is 80.7 cm³/mol. The monoisotopic (exact) mass is 308 g/mol. The van der Waals surface area contributed by atoms with Gasteiger partial charge in [-0.15, -0.1) is 0 Å². The number of carbonyl (C=O) groups is 1. The molecule has 0 unspecified atom stereocenters. The number of nitrogens with zero attached hydrogens (tertiary/aromatic N) is 3. The second kappa shape index (κ2) is 7.06. The molecule has 0 bridgehead atoms. The molecule has 2 rings (SSSR count). The lowest BCUT2D eigenvalue weighted by Gasteiger charge is -2.32. The molecule has 0 radical (unpaired) electrons. The van der Waals surface area contributed by atoms with Gasteiger partial charge in [-0.2, -0.15) is 0 Å². The van der Waals surface area contributed by atoms with E-state index in [1.54, 1.807) is 4.90 Å². The highest BCUT2D eigenvalue weighted by Gasteiger charge is 2.26. The number of hydrogen-bond donors (Lipinski definition) is 1. The summed E-state index contributed by atoms with van der Waals surface area (Å²) in [7, 11) is 0. The van der Waals surface area contributed by atoms with Gasteiger partial charge in [0, 0.05) is 31.4 Å². The maximum absolute atomic E-state index is 11.8. The van der Waals surface area contributed by atoms with Crippen molar-refractivity contribution >= 4 is 17.6 Å². The molecule has 8 nitrogen and oxygen atoms in total. The Bertz CT molecular complexity index is 541. The summed E-state index contributed by atoms with van der Waals surface area (Å²) < 4.78 is 5.16. The number of anilines is 1. The van der Waals surface area contributed by atoms with Crippen LogP contribution in [0.25, 0.3) is 0 Å². The summed E-state index contributed by atoms with van der Waals surface area (Å²) in [6.07, 6.45) is 2.46. The van der Waals surface area contributed by atoms with Crippen LogP contribution in [0.2, 0.25) is 0 Å². The van der Waals surface area contributed by atoms with E-state index in [1.165, 1.54) is 18.3 Å². The van der Waals surface area contributed by atoms with Crippen molar-refractivity contribution in [1.29, 1.82) is 0 Å². The van der Waals surface area contributed by atoms with E-state index in [0.717, 1.165) is 0 Å². The van der Waals surface area contributed by atoms with Crippen molar-refractivity contribution in [2.45, 2.75) is 38.8 Å². The number of nitro groups is 1. The highest BCUT2D eigenvalue weighted by Crippen LogP contribution is 2.23. The fourth-order valence-corrected chi connectivity index (χ4v) is 2.33. The molecular formula is C14H20N4O4. The second-order valence-corrected chi connectivity index (χ2v) is 5.47. The number of hydrogen-bond acceptors (Lipinski definition) is 6. The average molecular weight is 308 g/mol. The van der Waals surface area contributed by atoms with Crippen LogP contribution in [0.1, 0.15) is 26.7 Å². The largest absolute Gasteiger partial charge is 0.447 e. The number of ether oxygens (including phenoxy) is 1. The summed E-state index contributed by atoms with van der Waals surface area (Å²) in [6.45, 7) is 4.74. The van der Waals surface area contributed by atoms with Crippen molar-refractivity contribution in [3.63, 3.8) is 0 Å². The van der Waals surface area contributed by atoms with Crippen LogP contribution in [0.5, 0.6) is 0 Å². The van der Waals surface area contributed by atoms with Crippen molar-refractivity contribution < 1.29 is 14.5 Å². The minimum absolute atomic E-state index is 0.0378. The van der Waals surface area contributed by atoms with Crippen molar-refractivity contribution in [2.75, 3.05) is 18.4 Å². The van der Waals surface area contributed by atoms with Gasteiger partial charge in [0.2, 0.25) is 5.82 Å². The molecule has 2 heterocycles. The van der Waals surface area contributed by atoms with Crippen molar-refractivity contribution in [3.05, 3.63) is 28.4 Å². The third kappa shape index (κ3) is 4.06. The molecule has 0 atom stereocenters. The molecule has 1 aliphatic rings. The van der Waals surface area contributed by atoms with Crippen molar-refractivity contribution in [2.24, 2.45) is 0 Å². The molecule has 1 N–H and O–H groups in total. The van der Waals surface area contributed by atoms with Gasteiger partial charge in [-0.1, -0.05) is 0 Å². The number of amides is 1. The lowest BCUT2D eigenvalue weighted by molar-refractivity contribution is -0.384. The number of likely N-dealkylation sites (tertiary alicyclic amines) is 1. The van der Waals surface area contributed by atoms with Crippen LogP contribution in [-0.2, 0) is 4.74 Å². The zero-order valence-electron chi connectivity index (χ0n) is 12.7. The highest BCUT2D eigenvalue weighted by molar-refractivity contribution is 5.68. The Balaban J connectivity index is 1.90. The Morgan fingerprint density at radius 1 is 1.50 bits per heavy atom. The zero-order chi connectivity index (χ0) is 16.1. The molecule has 1 aromatic rings. The Labute approximate surface area is 128 Å². The summed E-state index contributed by atoms with van der Waals surface area (Å²) in [5.74, 6) is 0.274. The Morgan fingerprint density at radius 2 is 2.18 bits per heavy atom. The van der Waals surface area contributed by atoms with Crippen LogP contribution in [0.15, 0.2) is 18.3 Å². The van der Waals surface area contributed by atoms with Gasteiger partial charge in [-0.3, -0.25) is 10.1 Å². The standard InChI is InChI=1S/C14H20N4O4/c1-10(2)22-14(19)17-8-5-11(6-9-17)16-13-12(18(20)21)4-3-7-15-13/h3-4,7,10-11H,5-6,8-9H2,1-2H3,(H,15,16). The average Bonchev–Trinajstić information content (AvgIpc) is 2.47. The Morgan fingerprint density at radius 3 is 2.77 bits per heavy atom. The molecule has 0 aromatic carbocycles. The minimum atomic E-state index is -0.454. The number of piperidine rings is 1. The van der Waals surface area contributed by atoms with E-state index in [1.807, 2.05) is 13.8 Å². The van der Waals surface area contributed by atoms with E-state index in [9.17, 15) is 14.9 Å². The summed E-state index contributed by atoms with van der Waals surface area (Å²) in [6, 6.07) is 3.01. The highest BCUT2D eigenvalue weighted by atomic mass is 16.6. The van der Waals surface area contributed by atoms with Crippen LogP contribution in [0.3, 0.4) is 0 Å². The van der Waals surface area contributed by atoms with Crippen LogP contribution in [-0.4, -0.2) is 46.1 Å². The van der Waals surface area contributed by atoms with Gasteiger partial charge in [0.25, 0.3) is 0 Å². The van der Waals surface area contributed by atoms with Crippen molar-refractivity contribution in [3.8, 4) is 0 Å². The van der Waals surface area contributed by atoms with Crippen LogP contribution in [0, 0.1) is 10.1 Å². The zero-order valence-corrected chi connectivity index (χ0v) is 12.7. The van der Waals surface area contributed by atoms with Gasteiger partial charge >= 0.3 is 11.8 Å². The molecule has 0 aliphatic carbocycles. The van der Waals surface area contributed by atoms with Gasteiger partial charge in [-0.25, -0.2) is 9.78 Å². The summed E-state index contributed by atoms with van der Waals surface area (Å²) >= 11 is 0.